The van der Waals surface area contributed by atoms with Crippen LogP contribution < -0.4 is 5.32 Å². The molecule has 2 aliphatic heterocycles. The van der Waals surface area contributed by atoms with Gasteiger partial charge in [0.15, 0.2) is 0 Å². The van der Waals surface area contributed by atoms with Crippen molar-refractivity contribution in [1.82, 2.24) is 15.1 Å². The summed E-state index contributed by atoms with van der Waals surface area (Å²) < 4.78 is 6.22. The number of aryl methyl sites for hydroxylation is 1. The van der Waals surface area contributed by atoms with Gasteiger partial charge in [-0.05, 0) is 43.7 Å². The number of amides is 3. The Bertz CT molecular complexity index is 1130. The molecule has 186 valence electrons. The second kappa shape index (κ2) is 10.6. The van der Waals surface area contributed by atoms with Gasteiger partial charge < -0.3 is 15.0 Å². The van der Waals surface area contributed by atoms with Crippen LogP contribution in [0, 0.1) is 6.92 Å². The lowest BCUT2D eigenvalue weighted by Crippen LogP contribution is -2.59. The van der Waals surface area contributed by atoms with E-state index in [2.05, 4.69) is 5.32 Å². The maximum Gasteiger partial charge on any atom is 0.256 e. The van der Waals surface area contributed by atoms with Gasteiger partial charge in [0.05, 0.1) is 16.7 Å². The van der Waals surface area contributed by atoms with E-state index in [4.69, 9.17) is 27.9 Å². The molecule has 2 fully saturated rings. The number of carbonyl (C=O) groups is 3. The van der Waals surface area contributed by atoms with Crippen molar-refractivity contribution in [3.8, 4) is 0 Å². The Kier molecular flexibility index (Phi) is 7.69. The first-order chi connectivity index (χ1) is 16.8. The maximum atomic E-state index is 13.7. The van der Waals surface area contributed by atoms with Crippen molar-refractivity contribution in [3.63, 3.8) is 0 Å². The molecule has 35 heavy (non-hydrogen) atoms. The number of rotatable bonds is 5. The first kappa shape index (κ1) is 25.5. The van der Waals surface area contributed by atoms with Crippen LogP contribution in [0.1, 0.15) is 52.5 Å². The van der Waals surface area contributed by atoms with Crippen molar-refractivity contribution < 1.29 is 19.1 Å². The molecule has 3 amide bonds. The van der Waals surface area contributed by atoms with E-state index >= 15 is 0 Å². The number of nitrogens with one attached hydrogen (secondary N) is 1. The van der Waals surface area contributed by atoms with Crippen LogP contribution in [0.2, 0.25) is 10.0 Å². The SMILES string of the molecule is CCCNC(=O)[C@@H]1COC2(CCN(C(=O)c3ccc(Cl)c(Cl)c3)CC2)N1C(=O)c1cccc(C)c1. The van der Waals surface area contributed by atoms with E-state index in [0.29, 0.717) is 53.6 Å². The van der Waals surface area contributed by atoms with Crippen molar-refractivity contribution in [2.45, 2.75) is 44.9 Å². The van der Waals surface area contributed by atoms with Gasteiger partial charge in [-0.25, -0.2) is 0 Å². The van der Waals surface area contributed by atoms with E-state index in [-0.39, 0.29) is 24.3 Å². The summed E-state index contributed by atoms with van der Waals surface area (Å²) in [5, 5.41) is 3.61. The van der Waals surface area contributed by atoms with Crippen LogP contribution in [0.15, 0.2) is 42.5 Å². The largest absolute Gasteiger partial charge is 0.354 e. The summed E-state index contributed by atoms with van der Waals surface area (Å²) in [6.45, 7) is 5.29. The topological polar surface area (TPSA) is 79.0 Å². The molecule has 2 aromatic carbocycles. The Hall–Kier alpha value is -2.61. The van der Waals surface area contributed by atoms with Gasteiger partial charge in [-0.3, -0.25) is 19.3 Å². The molecular weight excluding hydrogens is 489 g/mol. The number of hydrogen-bond acceptors (Lipinski definition) is 4. The predicted octanol–water partition coefficient (Wildman–Crippen LogP) is 4.30. The van der Waals surface area contributed by atoms with Crippen LogP contribution in [-0.4, -0.2) is 65.5 Å². The Morgan fingerprint density at radius 2 is 1.74 bits per heavy atom. The molecule has 1 atom stereocenters. The smallest absolute Gasteiger partial charge is 0.256 e. The standard InChI is InChI=1S/C26H29Cl2N3O4/c1-3-11-29-23(32)22-16-35-26(31(22)25(34)18-6-4-5-17(2)14-18)9-12-30(13-10-26)24(33)19-7-8-20(27)21(28)15-19/h4-8,14-15,22H,3,9-13,16H2,1-2H3,(H,29,32)/t22-/m0/s1. The molecule has 2 aromatic rings. The molecule has 4 rings (SSSR count). The molecule has 0 bridgehead atoms. The van der Waals surface area contributed by atoms with Gasteiger partial charge >= 0.3 is 0 Å². The number of nitrogens with zero attached hydrogens (tertiary/aromatic N) is 2. The first-order valence-electron chi connectivity index (χ1n) is 11.8. The number of carbonyl (C=O) groups excluding carboxylic acids is 3. The molecule has 0 radical (unpaired) electrons. The summed E-state index contributed by atoms with van der Waals surface area (Å²) in [6, 6.07) is 11.4. The lowest BCUT2D eigenvalue weighted by atomic mass is 9.95. The van der Waals surface area contributed by atoms with E-state index in [1.54, 1.807) is 34.1 Å². The van der Waals surface area contributed by atoms with Crippen molar-refractivity contribution in [2.75, 3.05) is 26.2 Å². The van der Waals surface area contributed by atoms with Crippen LogP contribution >= 0.6 is 23.2 Å². The summed E-state index contributed by atoms with van der Waals surface area (Å²) in [6.07, 6.45) is 1.59. The minimum atomic E-state index is -0.955. The Morgan fingerprint density at radius 3 is 2.40 bits per heavy atom. The second-order valence-electron chi connectivity index (χ2n) is 9.03. The molecule has 1 spiro atoms. The van der Waals surface area contributed by atoms with Crippen LogP contribution in [-0.2, 0) is 9.53 Å². The van der Waals surface area contributed by atoms with Gasteiger partial charge in [0.1, 0.15) is 11.8 Å². The molecule has 7 nitrogen and oxygen atoms in total. The molecule has 2 saturated heterocycles. The Balaban J connectivity index is 1.57. The highest BCUT2D eigenvalue weighted by Crippen LogP contribution is 2.39. The predicted molar refractivity (Wildman–Crippen MR) is 135 cm³/mol. The fourth-order valence-corrected chi connectivity index (χ4v) is 5.02. The zero-order valence-electron chi connectivity index (χ0n) is 19.9. The third kappa shape index (κ3) is 5.17. The fraction of sp³-hybridized carbons (Fsp3) is 0.423. The zero-order chi connectivity index (χ0) is 25.2. The summed E-state index contributed by atoms with van der Waals surface area (Å²) in [5.41, 5.74) is 0.965. The maximum absolute atomic E-state index is 13.7. The Labute approximate surface area is 215 Å². The average molecular weight is 518 g/mol. The van der Waals surface area contributed by atoms with Crippen LogP contribution in [0.4, 0.5) is 0 Å². The highest BCUT2D eigenvalue weighted by molar-refractivity contribution is 6.42. The van der Waals surface area contributed by atoms with Gasteiger partial charge in [0.25, 0.3) is 11.8 Å². The van der Waals surface area contributed by atoms with E-state index in [9.17, 15) is 14.4 Å². The second-order valence-corrected chi connectivity index (χ2v) is 9.84. The van der Waals surface area contributed by atoms with Crippen LogP contribution in [0.3, 0.4) is 0 Å². The molecule has 9 heteroatoms. The van der Waals surface area contributed by atoms with Gasteiger partial charge in [-0.1, -0.05) is 47.8 Å². The molecule has 0 unspecified atom stereocenters. The van der Waals surface area contributed by atoms with E-state index in [1.807, 2.05) is 32.0 Å². The minimum Gasteiger partial charge on any atom is -0.354 e. The number of likely N-dealkylation sites (tertiary alicyclic amines) is 1. The number of piperidine rings is 1. The number of benzene rings is 2. The highest BCUT2D eigenvalue weighted by Gasteiger charge is 2.54. The molecule has 1 N–H and O–H groups in total. The van der Waals surface area contributed by atoms with Crippen molar-refractivity contribution >= 4 is 40.9 Å². The monoisotopic (exact) mass is 517 g/mol. The van der Waals surface area contributed by atoms with E-state index in [0.717, 1.165) is 12.0 Å². The molecular formula is C26H29Cl2N3O4. The summed E-state index contributed by atoms with van der Waals surface area (Å²) in [7, 11) is 0. The molecule has 2 aliphatic rings. The van der Waals surface area contributed by atoms with Crippen molar-refractivity contribution in [3.05, 3.63) is 69.2 Å². The van der Waals surface area contributed by atoms with Gasteiger partial charge in [-0.15, -0.1) is 0 Å². The zero-order valence-corrected chi connectivity index (χ0v) is 21.4. The lowest BCUT2D eigenvalue weighted by Gasteiger charge is -2.44. The normalized spacial score (nSPS) is 19.1. The third-order valence-corrected chi connectivity index (χ3v) is 7.33. The van der Waals surface area contributed by atoms with Crippen molar-refractivity contribution in [1.29, 1.82) is 0 Å². The lowest BCUT2D eigenvalue weighted by molar-refractivity contribution is -0.128. The van der Waals surface area contributed by atoms with E-state index in [1.165, 1.54) is 0 Å². The number of ether oxygens (including phenoxy) is 1. The fourth-order valence-electron chi connectivity index (χ4n) is 4.72. The van der Waals surface area contributed by atoms with E-state index < -0.39 is 11.8 Å². The quantitative estimate of drug-likeness (QED) is 0.641. The van der Waals surface area contributed by atoms with Crippen LogP contribution in [0.5, 0.6) is 0 Å². The molecule has 0 aromatic heterocycles. The van der Waals surface area contributed by atoms with Gasteiger partial charge in [-0.2, -0.15) is 0 Å². The molecule has 0 aliphatic carbocycles. The highest BCUT2D eigenvalue weighted by atomic mass is 35.5. The van der Waals surface area contributed by atoms with Gasteiger partial charge in [0.2, 0.25) is 5.91 Å². The number of hydrogen-bond donors (Lipinski definition) is 1. The van der Waals surface area contributed by atoms with Crippen molar-refractivity contribution in [2.24, 2.45) is 0 Å². The van der Waals surface area contributed by atoms with Crippen LogP contribution in [0.25, 0.3) is 0 Å². The average Bonchev–Trinajstić information content (AvgIpc) is 3.22. The summed E-state index contributed by atoms with van der Waals surface area (Å²) in [4.78, 5) is 43.1. The third-order valence-electron chi connectivity index (χ3n) is 6.59. The minimum absolute atomic E-state index is 0.119. The first-order valence-corrected chi connectivity index (χ1v) is 12.6. The Morgan fingerprint density at radius 1 is 1.03 bits per heavy atom. The number of halogens is 2. The molecule has 0 saturated carbocycles. The summed E-state index contributed by atoms with van der Waals surface area (Å²) >= 11 is 12.1. The van der Waals surface area contributed by atoms with Gasteiger partial charge in [0, 0.05) is 43.6 Å². The summed E-state index contributed by atoms with van der Waals surface area (Å²) in [5.74, 6) is -0.628. The molecule has 2 heterocycles.